The van der Waals surface area contributed by atoms with Crippen molar-refractivity contribution < 1.29 is 23.1 Å². The smallest absolute Gasteiger partial charge is 0.275 e. The van der Waals surface area contributed by atoms with E-state index in [2.05, 4.69) is 9.97 Å². The van der Waals surface area contributed by atoms with Gasteiger partial charge in [-0.2, -0.15) is 0 Å². The lowest BCUT2D eigenvalue weighted by atomic mass is 9.77. The third-order valence-corrected chi connectivity index (χ3v) is 4.93. The third-order valence-electron chi connectivity index (χ3n) is 4.93. The lowest BCUT2D eigenvalue weighted by Gasteiger charge is -2.43. The summed E-state index contributed by atoms with van der Waals surface area (Å²) < 4.78 is 30.2. The summed E-state index contributed by atoms with van der Waals surface area (Å²) in [5.74, 6) is -0.703. The van der Waals surface area contributed by atoms with Crippen LogP contribution in [0, 0.1) is 11.2 Å². The van der Waals surface area contributed by atoms with E-state index < -0.39 is 5.82 Å². The maximum Gasteiger partial charge on any atom is 0.275 e. The molecular weight excluding hydrogens is 329 g/mol. The number of hydrogen-bond acceptors (Lipinski definition) is 6. The molecule has 0 aromatic carbocycles. The Morgan fingerprint density at radius 2 is 2.40 bits per heavy atom. The number of carbonyl (C=O) groups is 1. The summed E-state index contributed by atoms with van der Waals surface area (Å²) >= 11 is 0. The van der Waals surface area contributed by atoms with Crippen LogP contribution in [-0.4, -0.2) is 53.2 Å². The van der Waals surface area contributed by atoms with E-state index in [4.69, 9.17) is 13.9 Å². The molecule has 2 saturated heterocycles. The van der Waals surface area contributed by atoms with Crippen molar-refractivity contribution in [1.29, 1.82) is 0 Å². The fourth-order valence-corrected chi connectivity index (χ4v) is 3.60. The number of pyridine rings is 1. The number of oxazole rings is 1. The molecule has 7 nitrogen and oxygen atoms in total. The molecule has 0 N–H and O–H groups in total. The van der Waals surface area contributed by atoms with Gasteiger partial charge in [-0.3, -0.25) is 4.79 Å². The van der Waals surface area contributed by atoms with Crippen LogP contribution in [0.4, 0.5) is 4.39 Å². The zero-order chi connectivity index (χ0) is 17.3. The lowest BCUT2D eigenvalue weighted by molar-refractivity contribution is -0.0339. The summed E-state index contributed by atoms with van der Waals surface area (Å²) in [7, 11) is 0. The van der Waals surface area contributed by atoms with Crippen LogP contribution in [-0.2, 0) is 4.74 Å². The minimum absolute atomic E-state index is 0.0133. The number of likely N-dealkylation sites (tertiary alicyclic amines) is 1. The van der Waals surface area contributed by atoms with Crippen LogP contribution in [0.2, 0.25) is 0 Å². The molecule has 0 aliphatic carbocycles. The Hall–Kier alpha value is -2.48. The number of piperidine rings is 1. The van der Waals surface area contributed by atoms with E-state index in [0.29, 0.717) is 26.1 Å². The van der Waals surface area contributed by atoms with Crippen molar-refractivity contribution in [2.75, 3.05) is 26.3 Å². The van der Waals surface area contributed by atoms with Gasteiger partial charge in [0.05, 0.1) is 18.1 Å². The zero-order valence-electron chi connectivity index (χ0n) is 13.6. The number of hydrogen-bond donors (Lipinski definition) is 0. The Kier molecular flexibility index (Phi) is 4.12. The van der Waals surface area contributed by atoms with Gasteiger partial charge in [-0.05, 0) is 25.0 Å². The molecule has 2 aromatic rings. The van der Waals surface area contributed by atoms with Gasteiger partial charge in [-0.1, -0.05) is 0 Å². The number of carbonyl (C=O) groups excluding carboxylic acids is 1. The summed E-state index contributed by atoms with van der Waals surface area (Å²) in [6.07, 6.45) is 5.50. The number of rotatable bonds is 4. The fourth-order valence-electron chi connectivity index (χ4n) is 3.60. The Balaban J connectivity index is 1.51. The summed E-state index contributed by atoms with van der Waals surface area (Å²) in [4.78, 5) is 22.2. The van der Waals surface area contributed by atoms with Crippen molar-refractivity contribution in [3.8, 4) is 5.88 Å². The Morgan fingerprint density at radius 3 is 3.20 bits per heavy atom. The van der Waals surface area contributed by atoms with E-state index in [1.54, 1.807) is 4.90 Å². The Morgan fingerprint density at radius 1 is 1.48 bits per heavy atom. The van der Waals surface area contributed by atoms with E-state index in [0.717, 1.165) is 6.42 Å². The van der Waals surface area contributed by atoms with Gasteiger partial charge in [0.15, 0.2) is 17.9 Å². The number of halogens is 1. The molecule has 25 heavy (non-hydrogen) atoms. The Bertz CT molecular complexity index is 754. The monoisotopic (exact) mass is 347 g/mol. The van der Waals surface area contributed by atoms with Gasteiger partial charge in [-0.15, -0.1) is 0 Å². The molecule has 0 unspecified atom stereocenters. The van der Waals surface area contributed by atoms with Crippen molar-refractivity contribution in [2.24, 2.45) is 5.41 Å². The van der Waals surface area contributed by atoms with Crippen molar-refractivity contribution in [2.45, 2.75) is 18.9 Å². The van der Waals surface area contributed by atoms with Crippen LogP contribution < -0.4 is 4.74 Å². The summed E-state index contributed by atoms with van der Waals surface area (Å²) in [5.41, 5.74) is -0.0917. The minimum atomic E-state index is -0.499. The van der Waals surface area contributed by atoms with Crippen molar-refractivity contribution in [3.63, 3.8) is 0 Å². The van der Waals surface area contributed by atoms with Gasteiger partial charge < -0.3 is 18.8 Å². The van der Waals surface area contributed by atoms with Crippen molar-refractivity contribution >= 4 is 5.91 Å². The highest BCUT2D eigenvalue weighted by Crippen LogP contribution is 2.41. The molecule has 2 aliphatic heterocycles. The first-order valence-electron chi connectivity index (χ1n) is 8.20. The molecule has 2 aromatic heterocycles. The summed E-state index contributed by atoms with van der Waals surface area (Å²) in [6, 6.07) is 2.82. The first kappa shape index (κ1) is 16.0. The van der Waals surface area contributed by atoms with Gasteiger partial charge in [0.1, 0.15) is 6.26 Å². The van der Waals surface area contributed by atoms with E-state index in [1.807, 2.05) is 0 Å². The second kappa shape index (κ2) is 6.44. The highest BCUT2D eigenvalue weighted by molar-refractivity contribution is 5.92. The molecule has 8 heteroatoms. The number of fused-ring (bicyclic) bond motifs is 1. The van der Waals surface area contributed by atoms with E-state index >= 15 is 0 Å². The van der Waals surface area contributed by atoms with Crippen molar-refractivity contribution in [1.82, 2.24) is 14.9 Å². The van der Waals surface area contributed by atoms with Crippen LogP contribution in [0.5, 0.6) is 5.88 Å². The molecule has 0 bridgehead atoms. The largest absolute Gasteiger partial charge is 0.475 e. The van der Waals surface area contributed by atoms with Gasteiger partial charge in [-0.25, -0.2) is 14.4 Å². The zero-order valence-corrected chi connectivity index (χ0v) is 13.6. The number of aromatic nitrogens is 2. The van der Waals surface area contributed by atoms with Crippen molar-refractivity contribution in [3.05, 3.63) is 42.5 Å². The molecule has 4 heterocycles. The van der Waals surface area contributed by atoms with Gasteiger partial charge >= 0.3 is 0 Å². The molecule has 4 rings (SSSR count). The van der Waals surface area contributed by atoms with Gasteiger partial charge in [0.25, 0.3) is 5.91 Å². The third kappa shape index (κ3) is 2.97. The quantitative estimate of drug-likeness (QED) is 0.841. The first-order valence-corrected chi connectivity index (χ1v) is 8.20. The topological polar surface area (TPSA) is 77.7 Å². The summed E-state index contributed by atoms with van der Waals surface area (Å²) in [5, 5.41) is 0. The van der Waals surface area contributed by atoms with Crippen LogP contribution in [0.1, 0.15) is 23.3 Å². The van der Waals surface area contributed by atoms with Gasteiger partial charge in [0, 0.05) is 25.9 Å². The SMILES string of the molecule is O=C(c1cocn1)N1CC[C@@H]2OCC[C@]2(COc2ncccc2F)C1. The molecular formula is C17H18FN3O4. The maximum absolute atomic E-state index is 13.8. The maximum atomic E-state index is 13.8. The Labute approximate surface area is 143 Å². The van der Waals surface area contributed by atoms with Crippen LogP contribution in [0.15, 0.2) is 35.4 Å². The molecule has 0 spiro atoms. The molecule has 2 aliphatic rings. The van der Waals surface area contributed by atoms with Crippen LogP contribution in [0.3, 0.4) is 0 Å². The number of nitrogens with zero attached hydrogens (tertiary/aromatic N) is 3. The van der Waals surface area contributed by atoms with E-state index in [-0.39, 0.29) is 35.6 Å². The minimum Gasteiger partial charge on any atom is -0.475 e. The average Bonchev–Trinajstić information content (AvgIpc) is 3.30. The fraction of sp³-hybridized carbons (Fsp3) is 0.471. The van der Waals surface area contributed by atoms with E-state index in [9.17, 15) is 9.18 Å². The normalized spacial score (nSPS) is 25.6. The molecule has 2 fully saturated rings. The summed E-state index contributed by atoms with van der Waals surface area (Å²) in [6.45, 7) is 1.90. The molecule has 0 radical (unpaired) electrons. The second-order valence-corrected chi connectivity index (χ2v) is 6.44. The van der Waals surface area contributed by atoms with E-state index in [1.165, 1.54) is 31.0 Å². The first-order chi connectivity index (χ1) is 12.2. The van der Waals surface area contributed by atoms with Crippen LogP contribution in [0.25, 0.3) is 0 Å². The number of ether oxygens (including phenoxy) is 2. The molecule has 1 amide bonds. The molecule has 0 saturated carbocycles. The molecule has 132 valence electrons. The highest BCUT2D eigenvalue weighted by Gasteiger charge is 2.50. The standard InChI is InChI=1S/C17H18FN3O4/c18-12-2-1-5-19-15(12)25-10-17-4-7-24-14(17)3-6-21(9-17)16(22)13-8-23-11-20-13/h1-2,5,8,11,14H,3-4,6-7,9-10H2/t14-,17+/m0/s1. The lowest BCUT2D eigenvalue weighted by Crippen LogP contribution is -2.54. The average molecular weight is 347 g/mol. The predicted octanol–water partition coefficient (Wildman–Crippen LogP) is 1.91. The van der Waals surface area contributed by atoms with Crippen LogP contribution >= 0.6 is 0 Å². The van der Waals surface area contributed by atoms with Gasteiger partial charge in [0.2, 0.25) is 5.88 Å². The molecule has 2 atom stereocenters. The number of amides is 1. The highest BCUT2D eigenvalue weighted by atomic mass is 19.1. The second-order valence-electron chi connectivity index (χ2n) is 6.44. The predicted molar refractivity (Wildman–Crippen MR) is 83.5 cm³/mol.